The second-order valence-electron chi connectivity index (χ2n) is 6.99. The zero-order valence-corrected chi connectivity index (χ0v) is 16.8. The molecule has 1 aliphatic heterocycles. The third-order valence-electron chi connectivity index (χ3n) is 5.12. The van der Waals surface area contributed by atoms with Crippen LogP contribution in [0.4, 0.5) is 0 Å². The molecule has 2 aromatic heterocycles. The van der Waals surface area contributed by atoms with E-state index in [4.69, 9.17) is 23.2 Å². The molecule has 28 heavy (non-hydrogen) atoms. The Morgan fingerprint density at radius 2 is 1.61 bits per heavy atom. The molecule has 144 valence electrons. The highest BCUT2D eigenvalue weighted by Gasteiger charge is 2.33. The smallest absolute Gasteiger partial charge is 0.102 e. The van der Waals surface area contributed by atoms with E-state index in [1.165, 1.54) is 0 Å². The SMILES string of the molecule is OC(c1cccnc1-c1cc(Cl)cc(Cl)c1)C(c1ccccn1)N1CCCC1. The number of pyridine rings is 2. The predicted molar refractivity (Wildman–Crippen MR) is 112 cm³/mol. The van der Waals surface area contributed by atoms with Crippen LogP contribution in [0, 0.1) is 0 Å². The van der Waals surface area contributed by atoms with Crippen molar-refractivity contribution in [2.24, 2.45) is 0 Å². The van der Waals surface area contributed by atoms with Crippen molar-refractivity contribution in [1.82, 2.24) is 14.9 Å². The Morgan fingerprint density at radius 1 is 0.893 bits per heavy atom. The van der Waals surface area contributed by atoms with Crippen LogP contribution in [0.25, 0.3) is 11.3 Å². The van der Waals surface area contributed by atoms with E-state index in [-0.39, 0.29) is 6.04 Å². The molecular formula is C22H21Cl2N3O. The van der Waals surface area contributed by atoms with Crippen molar-refractivity contribution in [2.45, 2.75) is 25.0 Å². The average molecular weight is 414 g/mol. The topological polar surface area (TPSA) is 49.3 Å². The molecule has 6 heteroatoms. The van der Waals surface area contributed by atoms with Crippen LogP contribution in [0.3, 0.4) is 0 Å². The number of aliphatic hydroxyl groups is 1. The van der Waals surface area contributed by atoms with Gasteiger partial charge in [-0.25, -0.2) is 0 Å². The summed E-state index contributed by atoms with van der Waals surface area (Å²) in [4.78, 5) is 11.4. The van der Waals surface area contributed by atoms with Crippen molar-refractivity contribution in [2.75, 3.05) is 13.1 Å². The number of aromatic nitrogens is 2. The lowest BCUT2D eigenvalue weighted by Gasteiger charge is -2.32. The number of aliphatic hydroxyl groups excluding tert-OH is 1. The first-order valence-corrected chi connectivity index (χ1v) is 10.1. The predicted octanol–water partition coefficient (Wildman–Crippen LogP) is 5.32. The van der Waals surface area contributed by atoms with Crippen molar-refractivity contribution < 1.29 is 5.11 Å². The number of hydrogen-bond donors (Lipinski definition) is 1. The van der Waals surface area contributed by atoms with Crippen LogP contribution in [-0.4, -0.2) is 33.1 Å². The second-order valence-corrected chi connectivity index (χ2v) is 7.86. The highest BCUT2D eigenvalue weighted by molar-refractivity contribution is 6.35. The Bertz CT molecular complexity index is 925. The molecule has 4 nitrogen and oxygen atoms in total. The highest BCUT2D eigenvalue weighted by Crippen LogP contribution is 2.39. The Balaban J connectivity index is 1.78. The van der Waals surface area contributed by atoms with Gasteiger partial charge in [0.1, 0.15) is 6.10 Å². The van der Waals surface area contributed by atoms with Crippen molar-refractivity contribution >= 4 is 23.2 Å². The van der Waals surface area contributed by atoms with Crippen LogP contribution in [-0.2, 0) is 0 Å². The molecule has 1 aromatic carbocycles. The molecule has 3 aromatic rings. The second kappa shape index (κ2) is 8.58. The van der Waals surface area contributed by atoms with Crippen LogP contribution >= 0.6 is 23.2 Å². The lowest BCUT2D eigenvalue weighted by molar-refractivity contribution is 0.0585. The summed E-state index contributed by atoms with van der Waals surface area (Å²) < 4.78 is 0. The summed E-state index contributed by atoms with van der Waals surface area (Å²) in [7, 11) is 0. The molecule has 0 saturated carbocycles. The molecule has 0 radical (unpaired) electrons. The van der Waals surface area contributed by atoms with E-state index in [1.54, 1.807) is 18.5 Å². The van der Waals surface area contributed by atoms with Crippen LogP contribution in [0.15, 0.2) is 60.9 Å². The summed E-state index contributed by atoms with van der Waals surface area (Å²) in [6.07, 6.45) is 4.95. The van der Waals surface area contributed by atoms with E-state index in [9.17, 15) is 5.11 Å². The van der Waals surface area contributed by atoms with Crippen molar-refractivity contribution in [3.05, 3.63) is 82.2 Å². The largest absolute Gasteiger partial charge is 0.386 e. The minimum absolute atomic E-state index is 0.235. The van der Waals surface area contributed by atoms with Crippen LogP contribution in [0.2, 0.25) is 10.0 Å². The van der Waals surface area contributed by atoms with Crippen LogP contribution in [0.1, 0.15) is 36.2 Å². The Kier molecular flexibility index (Phi) is 5.93. The normalized spacial score (nSPS) is 16.8. The fourth-order valence-electron chi connectivity index (χ4n) is 3.88. The van der Waals surface area contributed by atoms with Gasteiger partial charge in [-0.15, -0.1) is 0 Å². The van der Waals surface area contributed by atoms with Gasteiger partial charge < -0.3 is 5.11 Å². The van der Waals surface area contributed by atoms with Gasteiger partial charge in [-0.2, -0.15) is 0 Å². The molecular weight excluding hydrogens is 393 g/mol. The Labute approximate surface area is 174 Å². The van der Waals surface area contributed by atoms with Crippen molar-refractivity contribution in [3.63, 3.8) is 0 Å². The summed E-state index contributed by atoms with van der Waals surface area (Å²) in [6, 6.07) is 14.7. The molecule has 0 aliphatic carbocycles. The van der Waals surface area contributed by atoms with Gasteiger partial charge in [0.05, 0.1) is 17.4 Å². The summed E-state index contributed by atoms with van der Waals surface area (Å²) in [6.45, 7) is 1.88. The van der Waals surface area contributed by atoms with Gasteiger partial charge in [0, 0.05) is 33.6 Å². The summed E-state index contributed by atoms with van der Waals surface area (Å²) in [5, 5.41) is 12.6. The first kappa shape index (κ1) is 19.3. The average Bonchev–Trinajstić information content (AvgIpc) is 3.22. The fourth-order valence-corrected chi connectivity index (χ4v) is 4.40. The number of likely N-dealkylation sites (tertiary alicyclic amines) is 1. The van der Waals surface area contributed by atoms with E-state index >= 15 is 0 Å². The first-order chi connectivity index (χ1) is 13.6. The highest BCUT2D eigenvalue weighted by atomic mass is 35.5. The standard InChI is InChI=1S/C22H21Cl2N3O/c23-16-12-15(13-17(24)14-16)20-18(6-5-9-26-20)22(28)21(27-10-3-4-11-27)19-7-1-2-8-25-19/h1-2,5-9,12-14,21-22,28H,3-4,10-11H2. The molecule has 2 unspecified atom stereocenters. The monoisotopic (exact) mass is 413 g/mol. The summed E-state index contributed by atoms with van der Waals surface area (Å²) in [5.74, 6) is 0. The van der Waals surface area contributed by atoms with E-state index < -0.39 is 6.10 Å². The number of rotatable bonds is 5. The van der Waals surface area contributed by atoms with Gasteiger partial charge in [-0.3, -0.25) is 14.9 Å². The Morgan fingerprint density at radius 3 is 2.29 bits per heavy atom. The summed E-state index contributed by atoms with van der Waals surface area (Å²) in [5.41, 5.74) is 3.06. The summed E-state index contributed by atoms with van der Waals surface area (Å²) >= 11 is 12.4. The first-order valence-electron chi connectivity index (χ1n) is 9.38. The number of hydrogen-bond acceptors (Lipinski definition) is 4. The zero-order valence-electron chi connectivity index (χ0n) is 15.3. The molecule has 0 spiro atoms. The van der Waals surface area contributed by atoms with E-state index in [2.05, 4.69) is 14.9 Å². The lowest BCUT2D eigenvalue weighted by Crippen LogP contribution is -2.31. The maximum Gasteiger partial charge on any atom is 0.102 e. The number of nitrogens with zero attached hydrogens (tertiary/aromatic N) is 3. The van der Waals surface area contributed by atoms with E-state index in [1.807, 2.05) is 42.5 Å². The van der Waals surface area contributed by atoms with Crippen LogP contribution in [0.5, 0.6) is 0 Å². The van der Waals surface area contributed by atoms with Gasteiger partial charge in [-0.05, 0) is 62.3 Å². The van der Waals surface area contributed by atoms with Gasteiger partial charge in [-0.1, -0.05) is 35.3 Å². The maximum absolute atomic E-state index is 11.5. The molecule has 1 fully saturated rings. The molecule has 0 bridgehead atoms. The molecule has 3 heterocycles. The zero-order chi connectivity index (χ0) is 19.5. The number of benzene rings is 1. The fraction of sp³-hybridized carbons (Fsp3) is 0.273. The quantitative estimate of drug-likeness (QED) is 0.614. The molecule has 0 amide bonds. The third-order valence-corrected chi connectivity index (χ3v) is 5.55. The van der Waals surface area contributed by atoms with Gasteiger partial charge >= 0.3 is 0 Å². The van der Waals surface area contributed by atoms with Crippen molar-refractivity contribution in [1.29, 1.82) is 0 Å². The Hall–Kier alpha value is -1.98. The van der Waals surface area contributed by atoms with Gasteiger partial charge in [0.25, 0.3) is 0 Å². The molecule has 1 N–H and O–H groups in total. The van der Waals surface area contributed by atoms with Gasteiger partial charge in [0.15, 0.2) is 0 Å². The lowest BCUT2D eigenvalue weighted by atomic mass is 9.94. The van der Waals surface area contributed by atoms with Gasteiger partial charge in [0.2, 0.25) is 0 Å². The molecule has 2 atom stereocenters. The number of halogens is 2. The van der Waals surface area contributed by atoms with E-state index in [0.29, 0.717) is 15.7 Å². The minimum atomic E-state index is -0.783. The molecule has 4 rings (SSSR count). The maximum atomic E-state index is 11.5. The van der Waals surface area contributed by atoms with E-state index in [0.717, 1.165) is 42.8 Å². The minimum Gasteiger partial charge on any atom is -0.386 e. The van der Waals surface area contributed by atoms with Crippen molar-refractivity contribution in [3.8, 4) is 11.3 Å². The third kappa shape index (κ3) is 4.06. The van der Waals surface area contributed by atoms with Crippen LogP contribution < -0.4 is 0 Å². The molecule has 1 aliphatic rings. The molecule has 1 saturated heterocycles.